The normalized spacial score (nSPS) is 12.4. The molecule has 0 aliphatic carbocycles. The van der Waals surface area contributed by atoms with Gasteiger partial charge in [-0.3, -0.25) is 0 Å². The van der Waals surface area contributed by atoms with Gasteiger partial charge in [-0.2, -0.15) is 4.98 Å². The van der Waals surface area contributed by atoms with Crippen LogP contribution >= 0.6 is 0 Å². The van der Waals surface area contributed by atoms with Crippen LogP contribution < -0.4 is 9.64 Å². The van der Waals surface area contributed by atoms with Crippen LogP contribution in [0.4, 0.5) is 5.95 Å². The van der Waals surface area contributed by atoms with Crippen LogP contribution in [0.25, 0.3) is 0 Å². The molecular weight excluding hydrogens is 254 g/mol. The van der Waals surface area contributed by atoms with Crippen LogP contribution in [0.15, 0.2) is 0 Å². The van der Waals surface area contributed by atoms with Crippen molar-refractivity contribution in [3.8, 4) is 11.6 Å². The highest BCUT2D eigenvalue weighted by atomic mass is 16.5. The second kappa shape index (κ2) is 5.46. The van der Waals surface area contributed by atoms with Crippen molar-refractivity contribution in [2.75, 3.05) is 26.1 Å². The topological polar surface area (TPSA) is 58.5 Å². The summed E-state index contributed by atoms with van der Waals surface area (Å²) in [7, 11) is 5.24. The van der Waals surface area contributed by atoms with Gasteiger partial charge in [0.15, 0.2) is 0 Å². The van der Waals surface area contributed by atoms with Gasteiger partial charge in [-0.1, -0.05) is 34.6 Å². The summed E-state index contributed by atoms with van der Waals surface area (Å²) in [5, 5.41) is 10.4. The van der Waals surface area contributed by atoms with Crippen LogP contribution in [0.1, 0.15) is 46.7 Å². The Hall–Kier alpha value is -1.52. The predicted molar refractivity (Wildman–Crippen MR) is 81.7 cm³/mol. The maximum Gasteiger partial charge on any atom is 0.261 e. The first kappa shape index (κ1) is 16.5. The summed E-state index contributed by atoms with van der Waals surface area (Å²) < 4.78 is 5.17. The minimum absolute atomic E-state index is 0.0346. The summed E-state index contributed by atoms with van der Waals surface area (Å²) in [6.45, 7) is 10.7. The van der Waals surface area contributed by atoms with Gasteiger partial charge >= 0.3 is 0 Å². The van der Waals surface area contributed by atoms with E-state index >= 15 is 0 Å². The largest absolute Gasteiger partial charge is 0.502 e. The minimum atomic E-state index is -0.274. The number of aromatic nitrogens is 2. The van der Waals surface area contributed by atoms with Crippen molar-refractivity contribution in [2.45, 2.75) is 46.5 Å². The van der Waals surface area contributed by atoms with Crippen molar-refractivity contribution in [2.24, 2.45) is 5.41 Å². The second-order valence-corrected chi connectivity index (χ2v) is 7.25. The molecule has 1 N–H and O–H groups in total. The zero-order chi connectivity index (χ0) is 15.7. The highest BCUT2D eigenvalue weighted by molar-refractivity contribution is 5.46. The lowest BCUT2D eigenvalue weighted by molar-refractivity contribution is 0.268. The minimum Gasteiger partial charge on any atom is -0.502 e. The molecule has 0 amide bonds. The van der Waals surface area contributed by atoms with Crippen molar-refractivity contribution in [3.05, 3.63) is 5.69 Å². The Morgan fingerprint density at radius 3 is 2.05 bits per heavy atom. The van der Waals surface area contributed by atoms with E-state index in [0.717, 1.165) is 6.42 Å². The molecule has 1 aromatic heterocycles. The fourth-order valence-corrected chi connectivity index (χ4v) is 2.65. The third-order valence-electron chi connectivity index (χ3n) is 3.05. The molecular formula is C15H27N3O2. The third-order valence-corrected chi connectivity index (χ3v) is 3.05. The Morgan fingerprint density at radius 1 is 1.10 bits per heavy atom. The Morgan fingerprint density at radius 2 is 1.65 bits per heavy atom. The van der Waals surface area contributed by atoms with Crippen LogP contribution in [-0.2, 0) is 5.41 Å². The summed E-state index contributed by atoms with van der Waals surface area (Å²) in [5.74, 6) is 0.796. The number of hydrogen-bond acceptors (Lipinski definition) is 5. The third kappa shape index (κ3) is 3.74. The monoisotopic (exact) mass is 281 g/mol. The van der Waals surface area contributed by atoms with Gasteiger partial charge in [-0.15, -0.1) is 0 Å². The van der Waals surface area contributed by atoms with Crippen molar-refractivity contribution in [1.29, 1.82) is 0 Å². The van der Waals surface area contributed by atoms with Gasteiger partial charge in [0.05, 0.1) is 12.8 Å². The van der Waals surface area contributed by atoms with E-state index in [4.69, 9.17) is 4.74 Å². The van der Waals surface area contributed by atoms with E-state index in [1.165, 1.54) is 7.11 Å². The van der Waals surface area contributed by atoms with Crippen LogP contribution in [0.5, 0.6) is 11.6 Å². The molecule has 0 saturated carbocycles. The highest BCUT2D eigenvalue weighted by Crippen LogP contribution is 2.42. The molecule has 114 valence electrons. The molecule has 0 aliphatic heterocycles. The average molecular weight is 281 g/mol. The molecule has 5 nitrogen and oxygen atoms in total. The summed E-state index contributed by atoms with van der Waals surface area (Å²) in [6, 6.07) is 0. The van der Waals surface area contributed by atoms with Crippen LogP contribution in [0.2, 0.25) is 0 Å². The number of aromatic hydroxyl groups is 1. The molecule has 0 aromatic carbocycles. The lowest BCUT2D eigenvalue weighted by atomic mass is 9.74. The fraction of sp³-hybridized carbons (Fsp3) is 0.733. The molecule has 0 bridgehead atoms. The van der Waals surface area contributed by atoms with Gasteiger partial charge in [0.25, 0.3) is 5.88 Å². The molecule has 0 fully saturated rings. The van der Waals surface area contributed by atoms with Crippen molar-refractivity contribution < 1.29 is 9.84 Å². The fourth-order valence-electron chi connectivity index (χ4n) is 2.65. The molecule has 1 heterocycles. The molecule has 0 saturated heterocycles. The Labute approximate surface area is 122 Å². The first-order valence-corrected chi connectivity index (χ1v) is 6.81. The standard InChI is InChI=1S/C15H27N3O2/c1-14(2,3)9-15(4,5)11-10(19)12(20-8)17-13(16-11)18(6)7/h19H,9H2,1-8H3. The number of rotatable bonds is 4. The highest BCUT2D eigenvalue weighted by Gasteiger charge is 2.33. The lowest BCUT2D eigenvalue weighted by Gasteiger charge is -2.32. The van der Waals surface area contributed by atoms with Gasteiger partial charge in [0.2, 0.25) is 11.7 Å². The van der Waals surface area contributed by atoms with Crippen LogP contribution in [-0.4, -0.2) is 36.3 Å². The zero-order valence-corrected chi connectivity index (χ0v) is 13.9. The van der Waals surface area contributed by atoms with Gasteiger partial charge in [0, 0.05) is 19.5 Å². The summed E-state index contributed by atoms with van der Waals surface area (Å²) in [5.41, 5.74) is 0.485. The van der Waals surface area contributed by atoms with Gasteiger partial charge in [-0.05, 0) is 11.8 Å². The van der Waals surface area contributed by atoms with E-state index in [-0.39, 0.29) is 22.5 Å². The molecule has 0 radical (unpaired) electrons. The quantitative estimate of drug-likeness (QED) is 0.919. The Kier molecular flexibility index (Phi) is 4.52. The van der Waals surface area contributed by atoms with Gasteiger partial charge < -0.3 is 14.7 Å². The molecule has 1 rings (SSSR count). The number of hydrogen-bond donors (Lipinski definition) is 1. The van der Waals surface area contributed by atoms with Crippen molar-refractivity contribution in [1.82, 2.24) is 9.97 Å². The maximum atomic E-state index is 10.4. The van der Waals surface area contributed by atoms with Crippen LogP contribution in [0, 0.1) is 5.41 Å². The smallest absolute Gasteiger partial charge is 0.261 e. The van der Waals surface area contributed by atoms with Gasteiger partial charge in [0.1, 0.15) is 0 Å². The molecule has 1 aromatic rings. The van der Waals surface area contributed by atoms with Crippen molar-refractivity contribution in [3.63, 3.8) is 0 Å². The maximum absolute atomic E-state index is 10.4. The van der Waals surface area contributed by atoms with E-state index in [1.54, 1.807) is 4.90 Å². The second-order valence-electron chi connectivity index (χ2n) is 7.25. The van der Waals surface area contributed by atoms with E-state index in [1.807, 2.05) is 14.1 Å². The summed E-state index contributed by atoms with van der Waals surface area (Å²) in [6.07, 6.45) is 0.889. The number of methoxy groups -OCH3 is 1. The van der Waals surface area contributed by atoms with Crippen molar-refractivity contribution >= 4 is 5.95 Å². The molecule has 0 spiro atoms. The molecule has 0 atom stereocenters. The first-order chi connectivity index (χ1) is 8.98. The van der Waals surface area contributed by atoms with E-state index in [9.17, 15) is 5.11 Å². The molecule has 0 unspecified atom stereocenters. The molecule has 20 heavy (non-hydrogen) atoms. The number of ether oxygens (including phenoxy) is 1. The average Bonchev–Trinajstić information content (AvgIpc) is 2.25. The Balaban J connectivity index is 3.38. The van der Waals surface area contributed by atoms with Crippen LogP contribution in [0.3, 0.4) is 0 Å². The molecule has 0 aliphatic rings. The number of nitrogens with zero attached hydrogens (tertiary/aromatic N) is 3. The zero-order valence-electron chi connectivity index (χ0n) is 13.9. The first-order valence-electron chi connectivity index (χ1n) is 6.81. The van der Waals surface area contributed by atoms with E-state index in [0.29, 0.717) is 11.6 Å². The number of anilines is 1. The predicted octanol–water partition coefficient (Wildman–Crippen LogP) is 2.97. The van der Waals surface area contributed by atoms with E-state index < -0.39 is 0 Å². The summed E-state index contributed by atoms with van der Waals surface area (Å²) in [4.78, 5) is 10.5. The lowest BCUT2D eigenvalue weighted by Crippen LogP contribution is -2.27. The molecule has 5 heteroatoms. The van der Waals surface area contributed by atoms with Gasteiger partial charge in [-0.25, -0.2) is 4.98 Å². The SMILES string of the molecule is COc1nc(N(C)C)nc(C(C)(C)CC(C)(C)C)c1O. The van der Waals surface area contributed by atoms with E-state index in [2.05, 4.69) is 44.6 Å². The summed E-state index contributed by atoms with van der Waals surface area (Å²) >= 11 is 0. The Bertz CT molecular complexity index is 477.